The lowest BCUT2D eigenvalue weighted by molar-refractivity contribution is 0.944. The third-order valence-electron chi connectivity index (χ3n) is 2.75. The van der Waals surface area contributed by atoms with Gasteiger partial charge in [0.15, 0.2) is 11.5 Å². The summed E-state index contributed by atoms with van der Waals surface area (Å²) >= 11 is 3.45. The molecule has 0 unspecified atom stereocenters. The Morgan fingerprint density at radius 2 is 2.11 bits per heavy atom. The van der Waals surface area contributed by atoms with Gasteiger partial charge < -0.3 is 5.73 Å². The summed E-state index contributed by atoms with van der Waals surface area (Å²) in [7, 11) is 0. The highest BCUT2D eigenvalue weighted by atomic mass is 79.9. The zero-order chi connectivity index (χ0) is 12.5. The normalized spacial score (nSPS) is 11.0. The van der Waals surface area contributed by atoms with Crippen LogP contribution in [0.3, 0.4) is 0 Å². The van der Waals surface area contributed by atoms with E-state index in [9.17, 15) is 0 Å². The predicted octanol–water partition coefficient (Wildman–Crippen LogP) is 2.62. The maximum Gasteiger partial charge on any atom is 0.182 e. The van der Waals surface area contributed by atoms with Gasteiger partial charge in [0.2, 0.25) is 0 Å². The second-order valence-electron chi connectivity index (χ2n) is 3.95. The van der Waals surface area contributed by atoms with E-state index in [1.807, 2.05) is 42.6 Å². The van der Waals surface area contributed by atoms with E-state index in [1.165, 1.54) is 0 Å². The Bertz CT molecular complexity index is 705. The van der Waals surface area contributed by atoms with Crippen molar-refractivity contribution in [3.05, 3.63) is 52.6 Å². The number of fused-ring (bicyclic) bond motifs is 1. The van der Waals surface area contributed by atoms with Gasteiger partial charge in [0.25, 0.3) is 0 Å². The van der Waals surface area contributed by atoms with Crippen molar-refractivity contribution < 1.29 is 0 Å². The van der Waals surface area contributed by atoms with E-state index in [2.05, 4.69) is 26.0 Å². The number of halogens is 1. The lowest BCUT2D eigenvalue weighted by Gasteiger charge is -1.96. The third kappa shape index (κ3) is 1.91. The van der Waals surface area contributed by atoms with Crippen molar-refractivity contribution in [3.8, 4) is 11.4 Å². The molecule has 3 aromatic rings. The third-order valence-corrected chi connectivity index (χ3v) is 3.24. The van der Waals surface area contributed by atoms with Crippen molar-refractivity contribution in [1.29, 1.82) is 0 Å². The van der Waals surface area contributed by atoms with Crippen LogP contribution in [0.4, 0.5) is 0 Å². The van der Waals surface area contributed by atoms with E-state index in [0.717, 1.165) is 21.2 Å². The summed E-state index contributed by atoms with van der Waals surface area (Å²) in [6.45, 7) is 0.459. The van der Waals surface area contributed by atoms with E-state index < -0.39 is 0 Å². The minimum absolute atomic E-state index is 0.459. The zero-order valence-electron chi connectivity index (χ0n) is 9.55. The molecule has 18 heavy (non-hydrogen) atoms. The molecular formula is C13H11BrN4. The number of rotatable bonds is 2. The molecule has 2 aromatic heterocycles. The van der Waals surface area contributed by atoms with Crippen LogP contribution in [0.1, 0.15) is 5.56 Å². The molecule has 0 fully saturated rings. The number of aromatic nitrogens is 3. The van der Waals surface area contributed by atoms with Crippen LogP contribution < -0.4 is 5.73 Å². The first-order valence-electron chi connectivity index (χ1n) is 5.58. The number of nitrogens with zero attached hydrogens (tertiary/aromatic N) is 3. The molecule has 3 rings (SSSR count). The fourth-order valence-electron chi connectivity index (χ4n) is 1.87. The van der Waals surface area contributed by atoms with Crippen molar-refractivity contribution in [2.75, 3.05) is 0 Å². The lowest BCUT2D eigenvalue weighted by atomic mass is 10.2. The Labute approximate surface area is 113 Å². The van der Waals surface area contributed by atoms with Crippen LogP contribution in [0.25, 0.3) is 17.0 Å². The summed E-state index contributed by atoms with van der Waals surface area (Å²) in [5, 5.41) is 4.46. The SMILES string of the molecule is NCc1cccn2nc(-c3cccc(Br)c3)nc12. The first kappa shape index (κ1) is 11.4. The molecule has 2 heterocycles. The van der Waals surface area contributed by atoms with Gasteiger partial charge in [-0.05, 0) is 18.2 Å². The van der Waals surface area contributed by atoms with Crippen LogP contribution in [0, 0.1) is 0 Å². The molecule has 1 aromatic carbocycles. The van der Waals surface area contributed by atoms with Crippen LogP contribution in [0.5, 0.6) is 0 Å². The van der Waals surface area contributed by atoms with E-state index in [-0.39, 0.29) is 0 Å². The first-order chi connectivity index (χ1) is 8.78. The van der Waals surface area contributed by atoms with Crippen LogP contribution in [-0.2, 0) is 6.54 Å². The second-order valence-corrected chi connectivity index (χ2v) is 4.87. The quantitative estimate of drug-likeness (QED) is 0.792. The van der Waals surface area contributed by atoms with Crippen LogP contribution in [0.15, 0.2) is 47.1 Å². The molecule has 2 N–H and O–H groups in total. The van der Waals surface area contributed by atoms with Gasteiger partial charge in [-0.15, -0.1) is 5.10 Å². The fraction of sp³-hybridized carbons (Fsp3) is 0.0769. The number of hydrogen-bond donors (Lipinski definition) is 1. The standard InChI is InChI=1S/C13H11BrN4/c14-11-5-1-3-9(7-11)12-16-13-10(8-15)4-2-6-18(13)17-12/h1-7H,8,15H2. The number of nitrogens with two attached hydrogens (primary N) is 1. The first-order valence-corrected chi connectivity index (χ1v) is 6.37. The number of benzene rings is 1. The van der Waals surface area contributed by atoms with Gasteiger partial charge >= 0.3 is 0 Å². The van der Waals surface area contributed by atoms with Crippen molar-refractivity contribution >= 4 is 21.6 Å². The van der Waals surface area contributed by atoms with Crippen LogP contribution in [-0.4, -0.2) is 14.6 Å². The van der Waals surface area contributed by atoms with Crippen molar-refractivity contribution in [2.45, 2.75) is 6.54 Å². The van der Waals surface area contributed by atoms with Gasteiger partial charge in [0.05, 0.1) is 0 Å². The van der Waals surface area contributed by atoms with Gasteiger partial charge in [0, 0.05) is 28.3 Å². The van der Waals surface area contributed by atoms with E-state index in [1.54, 1.807) is 4.52 Å². The number of hydrogen-bond acceptors (Lipinski definition) is 3. The van der Waals surface area contributed by atoms with E-state index >= 15 is 0 Å². The molecule has 90 valence electrons. The van der Waals surface area contributed by atoms with Crippen LogP contribution in [0.2, 0.25) is 0 Å². The van der Waals surface area contributed by atoms with E-state index in [4.69, 9.17) is 5.73 Å². The molecule has 5 heteroatoms. The highest BCUT2D eigenvalue weighted by Gasteiger charge is 2.08. The van der Waals surface area contributed by atoms with Crippen molar-refractivity contribution in [2.24, 2.45) is 5.73 Å². The summed E-state index contributed by atoms with van der Waals surface area (Å²) in [6.07, 6.45) is 1.88. The van der Waals surface area contributed by atoms with Gasteiger partial charge in [-0.2, -0.15) is 0 Å². The Morgan fingerprint density at radius 3 is 2.89 bits per heavy atom. The Hall–Kier alpha value is -1.72. The Morgan fingerprint density at radius 1 is 1.22 bits per heavy atom. The topological polar surface area (TPSA) is 56.2 Å². The summed E-state index contributed by atoms with van der Waals surface area (Å²) in [5.74, 6) is 0.706. The lowest BCUT2D eigenvalue weighted by Crippen LogP contribution is -1.99. The van der Waals surface area contributed by atoms with E-state index in [0.29, 0.717) is 12.4 Å². The molecule has 0 spiro atoms. The number of pyridine rings is 1. The molecule has 0 aliphatic rings. The molecule has 0 radical (unpaired) electrons. The Kier molecular flexibility index (Phi) is 2.85. The molecular weight excluding hydrogens is 292 g/mol. The molecule has 0 amide bonds. The Balaban J connectivity index is 2.19. The minimum Gasteiger partial charge on any atom is -0.326 e. The second kappa shape index (κ2) is 4.51. The van der Waals surface area contributed by atoms with Crippen LogP contribution >= 0.6 is 15.9 Å². The summed E-state index contributed by atoms with van der Waals surface area (Å²) < 4.78 is 2.77. The maximum atomic E-state index is 5.70. The molecule has 0 atom stereocenters. The molecule has 0 aliphatic carbocycles. The largest absolute Gasteiger partial charge is 0.326 e. The zero-order valence-corrected chi connectivity index (χ0v) is 11.1. The van der Waals surface area contributed by atoms with Gasteiger partial charge in [-0.25, -0.2) is 9.50 Å². The summed E-state index contributed by atoms with van der Waals surface area (Å²) in [6, 6.07) is 11.8. The fourth-order valence-corrected chi connectivity index (χ4v) is 2.27. The van der Waals surface area contributed by atoms with Gasteiger partial charge in [0.1, 0.15) is 0 Å². The van der Waals surface area contributed by atoms with Crippen molar-refractivity contribution in [3.63, 3.8) is 0 Å². The van der Waals surface area contributed by atoms with Gasteiger partial charge in [-0.3, -0.25) is 0 Å². The average Bonchev–Trinajstić information content (AvgIpc) is 2.82. The molecule has 0 bridgehead atoms. The predicted molar refractivity (Wildman–Crippen MR) is 74.0 cm³/mol. The highest BCUT2D eigenvalue weighted by molar-refractivity contribution is 9.10. The van der Waals surface area contributed by atoms with Gasteiger partial charge in [-0.1, -0.05) is 34.1 Å². The molecule has 0 saturated carbocycles. The molecule has 4 nitrogen and oxygen atoms in total. The maximum absolute atomic E-state index is 5.70. The smallest absolute Gasteiger partial charge is 0.182 e. The summed E-state index contributed by atoms with van der Waals surface area (Å²) in [5.41, 5.74) is 8.49. The monoisotopic (exact) mass is 302 g/mol. The van der Waals surface area contributed by atoms with Crippen molar-refractivity contribution in [1.82, 2.24) is 14.6 Å². The summed E-state index contributed by atoms with van der Waals surface area (Å²) in [4.78, 5) is 4.55. The molecule has 0 aliphatic heterocycles. The highest BCUT2D eigenvalue weighted by Crippen LogP contribution is 2.21. The molecule has 0 saturated heterocycles. The average molecular weight is 303 g/mol. The minimum atomic E-state index is 0.459.